The minimum absolute atomic E-state index is 0.249. The highest BCUT2D eigenvalue weighted by atomic mass is 35.5. The quantitative estimate of drug-likeness (QED) is 0.699. The summed E-state index contributed by atoms with van der Waals surface area (Å²) in [5.41, 5.74) is 1.41. The summed E-state index contributed by atoms with van der Waals surface area (Å²) >= 11 is 6.02. The largest absolute Gasteiger partial charge is 0.454 e. The first-order valence-electron chi connectivity index (χ1n) is 8.21. The molecule has 0 fully saturated rings. The van der Waals surface area contributed by atoms with E-state index in [1.807, 2.05) is 18.2 Å². The Hall–Kier alpha value is -3.32. The van der Waals surface area contributed by atoms with Crippen LogP contribution in [0.2, 0.25) is 5.02 Å². The Labute approximate surface area is 160 Å². The van der Waals surface area contributed by atoms with Gasteiger partial charge in [0, 0.05) is 6.54 Å². The van der Waals surface area contributed by atoms with Crippen molar-refractivity contribution in [2.45, 2.75) is 6.54 Å². The second-order valence-corrected chi connectivity index (χ2v) is 6.19. The van der Waals surface area contributed by atoms with Gasteiger partial charge < -0.3 is 20.1 Å². The number of nitrogens with zero attached hydrogens (tertiary/aromatic N) is 2. The van der Waals surface area contributed by atoms with Crippen LogP contribution in [-0.4, -0.2) is 22.9 Å². The number of carbonyl (C=O) groups excluding carboxylic acids is 1. The predicted octanol–water partition coefficient (Wildman–Crippen LogP) is 3.72. The van der Waals surface area contributed by atoms with Gasteiger partial charge in [0.15, 0.2) is 17.3 Å². The molecule has 1 amide bonds. The smallest absolute Gasteiger partial charge is 0.258 e. The van der Waals surface area contributed by atoms with Crippen LogP contribution < -0.4 is 20.1 Å². The predicted molar refractivity (Wildman–Crippen MR) is 101 cm³/mol. The van der Waals surface area contributed by atoms with Crippen molar-refractivity contribution in [1.82, 2.24) is 10.2 Å². The van der Waals surface area contributed by atoms with Crippen molar-refractivity contribution in [2.75, 3.05) is 17.4 Å². The van der Waals surface area contributed by atoms with E-state index >= 15 is 0 Å². The maximum Gasteiger partial charge on any atom is 0.258 e. The van der Waals surface area contributed by atoms with Gasteiger partial charge in [0.05, 0.1) is 10.6 Å². The molecule has 0 bridgehead atoms. The summed E-state index contributed by atoms with van der Waals surface area (Å²) in [5.74, 6) is 2.07. The Bertz CT molecular complexity index is 979. The van der Waals surface area contributed by atoms with Crippen LogP contribution in [-0.2, 0) is 6.54 Å². The lowest BCUT2D eigenvalue weighted by atomic mass is 10.2. The van der Waals surface area contributed by atoms with Gasteiger partial charge >= 0.3 is 0 Å². The second kappa shape index (κ2) is 7.51. The Morgan fingerprint density at radius 3 is 2.59 bits per heavy atom. The SMILES string of the molecule is O=C(Nc1ccc(NCc2ccc3c(c2)OCO3)nn1)c1ccccc1Cl. The molecule has 7 nitrogen and oxygen atoms in total. The third kappa shape index (κ3) is 3.93. The van der Waals surface area contributed by atoms with Crippen LogP contribution in [0.5, 0.6) is 11.5 Å². The molecule has 2 aromatic carbocycles. The number of ether oxygens (including phenoxy) is 2. The van der Waals surface area contributed by atoms with E-state index in [1.165, 1.54) is 0 Å². The number of amides is 1. The molecule has 2 N–H and O–H groups in total. The number of hydrogen-bond acceptors (Lipinski definition) is 6. The van der Waals surface area contributed by atoms with Crippen LogP contribution in [0.3, 0.4) is 0 Å². The van der Waals surface area contributed by atoms with E-state index in [9.17, 15) is 4.79 Å². The second-order valence-electron chi connectivity index (χ2n) is 5.78. The maximum absolute atomic E-state index is 12.2. The molecule has 1 aromatic heterocycles. The molecule has 0 saturated carbocycles. The molecule has 136 valence electrons. The number of fused-ring (bicyclic) bond motifs is 1. The fraction of sp³-hybridized carbons (Fsp3) is 0.105. The van der Waals surface area contributed by atoms with Gasteiger partial charge in [-0.3, -0.25) is 4.79 Å². The molecule has 2 heterocycles. The van der Waals surface area contributed by atoms with Gasteiger partial charge in [-0.1, -0.05) is 29.8 Å². The molecule has 0 spiro atoms. The van der Waals surface area contributed by atoms with Gasteiger partial charge in [0.25, 0.3) is 5.91 Å². The first-order valence-corrected chi connectivity index (χ1v) is 8.59. The molecule has 3 aromatic rings. The minimum Gasteiger partial charge on any atom is -0.454 e. The number of carbonyl (C=O) groups is 1. The average molecular weight is 383 g/mol. The zero-order chi connectivity index (χ0) is 18.6. The lowest BCUT2D eigenvalue weighted by molar-refractivity contribution is 0.102. The van der Waals surface area contributed by atoms with E-state index in [2.05, 4.69) is 20.8 Å². The molecule has 0 radical (unpaired) electrons. The number of rotatable bonds is 5. The van der Waals surface area contributed by atoms with E-state index in [1.54, 1.807) is 36.4 Å². The number of anilines is 2. The van der Waals surface area contributed by atoms with Crippen LogP contribution in [0.25, 0.3) is 0 Å². The van der Waals surface area contributed by atoms with Crippen molar-refractivity contribution in [2.24, 2.45) is 0 Å². The van der Waals surface area contributed by atoms with Crippen LogP contribution in [0, 0.1) is 0 Å². The first-order chi connectivity index (χ1) is 13.2. The van der Waals surface area contributed by atoms with Gasteiger partial charge in [-0.2, -0.15) is 0 Å². The Balaban J connectivity index is 1.36. The lowest BCUT2D eigenvalue weighted by Crippen LogP contribution is -2.14. The van der Waals surface area contributed by atoms with Crippen molar-refractivity contribution in [3.05, 3.63) is 70.7 Å². The molecule has 1 aliphatic heterocycles. The van der Waals surface area contributed by atoms with Gasteiger partial charge in [0.2, 0.25) is 6.79 Å². The molecule has 0 unspecified atom stereocenters. The number of benzene rings is 2. The van der Waals surface area contributed by atoms with Crippen LogP contribution in [0.4, 0.5) is 11.6 Å². The van der Waals surface area contributed by atoms with Crippen LogP contribution in [0.1, 0.15) is 15.9 Å². The monoisotopic (exact) mass is 382 g/mol. The third-order valence-corrected chi connectivity index (χ3v) is 4.26. The van der Waals surface area contributed by atoms with E-state index < -0.39 is 0 Å². The van der Waals surface area contributed by atoms with Gasteiger partial charge in [0.1, 0.15) is 5.82 Å². The van der Waals surface area contributed by atoms with Crippen LogP contribution >= 0.6 is 11.6 Å². The molecular weight excluding hydrogens is 368 g/mol. The van der Waals surface area contributed by atoms with Crippen LogP contribution in [0.15, 0.2) is 54.6 Å². The van der Waals surface area contributed by atoms with Crippen molar-refractivity contribution in [3.63, 3.8) is 0 Å². The van der Waals surface area contributed by atoms with E-state index in [4.69, 9.17) is 21.1 Å². The van der Waals surface area contributed by atoms with E-state index in [0.717, 1.165) is 17.1 Å². The highest BCUT2D eigenvalue weighted by Gasteiger charge is 2.13. The summed E-state index contributed by atoms with van der Waals surface area (Å²) in [6.07, 6.45) is 0. The van der Waals surface area contributed by atoms with Crippen molar-refractivity contribution in [3.8, 4) is 11.5 Å². The van der Waals surface area contributed by atoms with Crippen molar-refractivity contribution >= 4 is 29.1 Å². The third-order valence-electron chi connectivity index (χ3n) is 3.94. The molecule has 0 aliphatic carbocycles. The summed E-state index contributed by atoms with van der Waals surface area (Å²) in [4.78, 5) is 12.2. The average Bonchev–Trinajstić information content (AvgIpc) is 3.15. The number of hydrogen-bond donors (Lipinski definition) is 2. The zero-order valence-electron chi connectivity index (χ0n) is 14.1. The summed E-state index contributed by atoms with van der Waals surface area (Å²) in [6.45, 7) is 0.801. The highest BCUT2D eigenvalue weighted by Crippen LogP contribution is 2.32. The molecule has 27 heavy (non-hydrogen) atoms. The molecule has 1 aliphatic rings. The van der Waals surface area contributed by atoms with Gasteiger partial charge in [-0.25, -0.2) is 0 Å². The highest BCUT2D eigenvalue weighted by molar-refractivity contribution is 6.34. The first kappa shape index (κ1) is 17.1. The fourth-order valence-corrected chi connectivity index (χ4v) is 2.79. The summed E-state index contributed by atoms with van der Waals surface area (Å²) in [7, 11) is 0. The fourth-order valence-electron chi connectivity index (χ4n) is 2.57. The van der Waals surface area contributed by atoms with Gasteiger partial charge in [-0.15, -0.1) is 10.2 Å². The standard InChI is InChI=1S/C19H15ClN4O3/c20-14-4-2-1-3-13(14)19(25)22-18-8-7-17(23-24-18)21-10-12-5-6-15-16(9-12)27-11-26-15/h1-9H,10-11H2,(H,21,23)(H,22,24,25). The summed E-state index contributed by atoms with van der Waals surface area (Å²) in [6, 6.07) is 16.0. The number of nitrogens with one attached hydrogen (secondary N) is 2. The van der Waals surface area contributed by atoms with Crippen molar-refractivity contribution in [1.29, 1.82) is 0 Å². The van der Waals surface area contributed by atoms with E-state index in [-0.39, 0.29) is 12.7 Å². The zero-order valence-corrected chi connectivity index (χ0v) is 14.9. The Morgan fingerprint density at radius 2 is 1.78 bits per heavy atom. The topological polar surface area (TPSA) is 85.4 Å². The molecule has 4 rings (SSSR count). The molecular formula is C19H15ClN4O3. The van der Waals surface area contributed by atoms with E-state index in [0.29, 0.717) is 28.8 Å². The summed E-state index contributed by atoms with van der Waals surface area (Å²) < 4.78 is 10.7. The number of aromatic nitrogens is 2. The Morgan fingerprint density at radius 1 is 1.00 bits per heavy atom. The molecule has 8 heteroatoms. The van der Waals surface area contributed by atoms with Crippen molar-refractivity contribution < 1.29 is 14.3 Å². The Kier molecular flexibility index (Phi) is 4.76. The summed E-state index contributed by atoms with van der Waals surface area (Å²) in [5, 5.41) is 14.3. The molecule has 0 atom stereocenters. The lowest BCUT2D eigenvalue weighted by Gasteiger charge is -2.08. The number of halogens is 1. The minimum atomic E-state index is -0.337. The van der Waals surface area contributed by atoms with Gasteiger partial charge in [-0.05, 0) is 42.0 Å². The maximum atomic E-state index is 12.2. The molecule has 0 saturated heterocycles. The normalized spacial score (nSPS) is 11.9.